The van der Waals surface area contributed by atoms with Crippen LogP contribution in [0.2, 0.25) is 0 Å². The summed E-state index contributed by atoms with van der Waals surface area (Å²) in [5, 5.41) is 8.39. The topological polar surface area (TPSA) is 32.3 Å². The predicted molar refractivity (Wildman–Crippen MR) is 46.6 cm³/mol. The number of nitrogens with one attached hydrogen (secondary N) is 1. The fourth-order valence-corrected chi connectivity index (χ4v) is 0.992. The van der Waals surface area contributed by atoms with Crippen LogP contribution in [0.1, 0.15) is 6.92 Å². The van der Waals surface area contributed by atoms with Gasteiger partial charge >= 0.3 is 0 Å². The molecule has 10 heavy (non-hydrogen) atoms. The van der Waals surface area contributed by atoms with Gasteiger partial charge in [0.1, 0.15) is 0 Å². The fourth-order valence-electron chi connectivity index (χ4n) is 0.409. The van der Waals surface area contributed by atoms with E-state index in [0.717, 1.165) is 4.91 Å². The summed E-state index contributed by atoms with van der Waals surface area (Å²) in [6.45, 7) is 6.45. The van der Waals surface area contributed by atoms with Gasteiger partial charge in [0.15, 0.2) is 0 Å². The molecular formula is C7H13NOS. The van der Waals surface area contributed by atoms with Crippen molar-refractivity contribution < 1.29 is 5.11 Å². The molecule has 0 aliphatic heterocycles. The highest BCUT2D eigenvalue weighted by Gasteiger charge is 1.86. The second kappa shape index (κ2) is 6.86. The van der Waals surface area contributed by atoms with Crippen LogP contribution in [0, 0.1) is 0 Å². The first-order valence-corrected chi connectivity index (χ1v) is 3.95. The smallest absolute Gasteiger partial charge is 0.0565 e. The highest BCUT2D eigenvalue weighted by atomic mass is 32.2. The first kappa shape index (κ1) is 9.75. The molecule has 0 aromatic carbocycles. The minimum Gasteiger partial charge on any atom is -0.395 e. The first-order valence-electron chi connectivity index (χ1n) is 3.13. The number of aliphatic hydroxyl groups is 1. The first-order chi connectivity index (χ1) is 4.81. The summed E-state index contributed by atoms with van der Waals surface area (Å²) in [6.07, 6.45) is 3.84. The van der Waals surface area contributed by atoms with E-state index in [1.54, 1.807) is 0 Å². The summed E-state index contributed by atoms with van der Waals surface area (Å²) in [4.78, 5) is 0.955. The number of hydrogen-bond acceptors (Lipinski definition) is 3. The molecule has 0 aliphatic rings. The molecule has 0 saturated heterocycles. The molecule has 0 atom stereocenters. The van der Waals surface area contributed by atoms with Crippen LogP contribution >= 0.6 is 11.9 Å². The lowest BCUT2D eigenvalue weighted by atomic mass is 10.5. The van der Waals surface area contributed by atoms with Crippen molar-refractivity contribution in [2.45, 2.75) is 6.92 Å². The van der Waals surface area contributed by atoms with Crippen LogP contribution in [-0.4, -0.2) is 18.3 Å². The van der Waals surface area contributed by atoms with E-state index >= 15 is 0 Å². The molecule has 0 aromatic rings. The largest absolute Gasteiger partial charge is 0.395 e. The summed E-state index contributed by atoms with van der Waals surface area (Å²) >= 11 is 1.43. The highest BCUT2D eigenvalue weighted by Crippen LogP contribution is 2.08. The Morgan fingerprint density at radius 3 is 3.00 bits per heavy atom. The molecule has 0 aliphatic carbocycles. The van der Waals surface area contributed by atoms with E-state index in [9.17, 15) is 0 Å². The number of allylic oxidation sites excluding steroid dienone is 2. The van der Waals surface area contributed by atoms with Crippen LogP contribution in [0.5, 0.6) is 0 Å². The molecule has 0 amide bonds. The van der Waals surface area contributed by atoms with Crippen LogP contribution in [0.15, 0.2) is 23.6 Å². The van der Waals surface area contributed by atoms with E-state index in [4.69, 9.17) is 5.11 Å². The normalized spacial score (nSPS) is 10.6. The molecule has 0 spiro atoms. The fraction of sp³-hybridized carbons (Fsp3) is 0.429. The summed E-state index contributed by atoms with van der Waals surface area (Å²) in [6, 6.07) is 0. The second-order valence-corrected chi connectivity index (χ2v) is 2.70. The maximum atomic E-state index is 8.39. The van der Waals surface area contributed by atoms with E-state index in [2.05, 4.69) is 11.3 Å². The minimum absolute atomic E-state index is 0.163. The molecule has 0 fully saturated rings. The Labute approximate surface area is 66.2 Å². The van der Waals surface area contributed by atoms with Crippen LogP contribution in [0.4, 0.5) is 0 Å². The maximum absolute atomic E-state index is 8.39. The zero-order chi connectivity index (χ0) is 7.82. The molecule has 0 unspecified atom stereocenters. The quantitative estimate of drug-likeness (QED) is 0.360. The van der Waals surface area contributed by atoms with Gasteiger partial charge in [-0.2, -0.15) is 0 Å². The predicted octanol–water partition coefficient (Wildman–Crippen LogP) is 1.31. The average Bonchev–Trinajstić information content (AvgIpc) is 1.89. The molecule has 2 N–H and O–H groups in total. The summed E-state index contributed by atoms with van der Waals surface area (Å²) in [5.41, 5.74) is 0. The van der Waals surface area contributed by atoms with E-state index in [-0.39, 0.29) is 6.61 Å². The Morgan fingerprint density at radius 1 is 1.80 bits per heavy atom. The van der Waals surface area contributed by atoms with Crippen molar-refractivity contribution in [3.8, 4) is 0 Å². The summed E-state index contributed by atoms with van der Waals surface area (Å²) in [7, 11) is 0. The van der Waals surface area contributed by atoms with Crippen molar-refractivity contribution in [3.05, 3.63) is 23.6 Å². The van der Waals surface area contributed by atoms with Gasteiger partial charge in [0.05, 0.1) is 6.61 Å². The third-order valence-corrected chi connectivity index (χ3v) is 1.52. The lowest BCUT2D eigenvalue weighted by Gasteiger charge is -1.99. The zero-order valence-corrected chi connectivity index (χ0v) is 6.95. The van der Waals surface area contributed by atoms with E-state index < -0.39 is 0 Å². The van der Waals surface area contributed by atoms with Gasteiger partial charge < -0.3 is 5.11 Å². The van der Waals surface area contributed by atoms with Crippen LogP contribution < -0.4 is 4.72 Å². The van der Waals surface area contributed by atoms with Gasteiger partial charge in [-0.05, 0) is 18.9 Å². The molecule has 58 valence electrons. The second-order valence-electron chi connectivity index (χ2n) is 1.69. The van der Waals surface area contributed by atoms with Gasteiger partial charge in [-0.25, -0.2) is 0 Å². The molecule has 0 rings (SSSR count). The van der Waals surface area contributed by atoms with Gasteiger partial charge in [0.25, 0.3) is 0 Å². The summed E-state index contributed by atoms with van der Waals surface area (Å²) < 4.78 is 2.94. The van der Waals surface area contributed by atoms with E-state index in [0.29, 0.717) is 6.54 Å². The third-order valence-electron chi connectivity index (χ3n) is 0.770. The Kier molecular flexibility index (Phi) is 6.69. The number of hydrogen-bond donors (Lipinski definition) is 2. The van der Waals surface area contributed by atoms with Crippen molar-refractivity contribution in [3.63, 3.8) is 0 Å². The molecule has 3 heteroatoms. The van der Waals surface area contributed by atoms with Crippen molar-refractivity contribution in [1.82, 2.24) is 4.72 Å². The average molecular weight is 159 g/mol. The minimum atomic E-state index is 0.163. The Morgan fingerprint density at radius 2 is 2.50 bits per heavy atom. The molecule has 0 heterocycles. The number of aliphatic hydroxyl groups excluding tert-OH is 1. The van der Waals surface area contributed by atoms with Crippen LogP contribution in [0.3, 0.4) is 0 Å². The SMILES string of the molecule is C=C(/C=C\C)SNCCO. The van der Waals surface area contributed by atoms with Gasteiger partial charge in [0.2, 0.25) is 0 Å². The molecule has 0 bridgehead atoms. The molecule has 0 aromatic heterocycles. The standard InChI is InChI=1S/C7H13NOS/c1-3-4-7(2)10-8-5-6-9/h3-4,8-9H,2,5-6H2,1H3/b4-3-. The lowest BCUT2D eigenvalue weighted by molar-refractivity contribution is 0.302. The Hall–Kier alpha value is -0.250. The lowest BCUT2D eigenvalue weighted by Crippen LogP contribution is -2.08. The van der Waals surface area contributed by atoms with Crippen molar-refractivity contribution in [2.24, 2.45) is 0 Å². The maximum Gasteiger partial charge on any atom is 0.0565 e. The highest BCUT2D eigenvalue weighted by molar-refractivity contribution is 8.01. The van der Waals surface area contributed by atoms with Crippen molar-refractivity contribution in [1.29, 1.82) is 0 Å². The Bertz CT molecular complexity index is 123. The van der Waals surface area contributed by atoms with Crippen molar-refractivity contribution >= 4 is 11.9 Å². The van der Waals surface area contributed by atoms with Gasteiger partial charge in [0, 0.05) is 11.4 Å². The van der Waals surface area contributed by atoms with E-state index in [1.165, 1.54) is 11.9 Å². The molecular weight excluding hydrogens is 146 g/mol. The van der Waals surface area contributed by atoms with Gasteiger partial charge in [-0.3, -0.25) is 4.72 Å². The van der Waals surface area contributed by atoms with Gasteiger partial charge in [-0.1, -0.05) is 18.7 Å². The molecule has 0 saturated carbocycles. The number of rotatable bonds is 5. The van der Waals surface area contributed by atoms with Gasteiger partial charge in [-0.15, -0.1) is 0 Å². The van der Waals surface area contributed by atoms with E-state index in [1.807, 2.05) is 19.1 Å². The molecule has 0 radical (unpaired) electrons. The van der Waals surface area contributed by atoms with Crippen molar-refractivity contribution in [2.75, 3.05) is 13.2 Å². The Balaban J connectivity index is 3.22. The third kappa shape index (κ3) is 5.88. The molecule has 2 nitrogen and oxygen atoms in total. The summed E-state index contributed by atoms with van der Waals surface area (Å²) in [5.74, 6) is 0. The van der Waals surface area contributed by atoms with Crippen LogP contribution in [-0.2, 0) is 0 Å². The van der Waals surface area contributed by atoms with Crippen LogP contribution in [0.25, 0.3) is 0 Å². The monoisotopic (exact) mass is 159 g/mol. The zero-order valence-electron chi connectivity index (χ0n) is 6.13.